The quantitative estimate of drug-likeness (QED) is 0.712. The lowest BCUT2D eigenvalue weighted by atomic mass is 10.1. The molecule has 0 saturated heterocycles. The average molecular weight is 358 g/mol. The molecule has 25 heavy (non-hydrogen) atoms. The molecular weight excluding hydrogens is 332 g/mol. The molecule has 0 aliphatic heterocycles. The number of thiophene rings is 1. The SMILES string of the molecule is COc1ccc([C@H](CNc2ncnc3sc(C)c(C)c23)[NH+](C)C)cc1. The van der Waals surface area contributed by atoms with E-state index in [9.17, 15) is 0 Å². The summed E-state index contributed by atoms with van der Waals surface area (Å²) in [6.07, 6.45) is 1.64. The fourth-order valence-corrected chi connectivity index (χ4v) is 4.00. The lowest BCUT2D eigenvalue weighted by Gasteiger charge is -2.23. The maximum atomic E-state index is 5.26. The van der Waals surface area contributed by atoms with Crippen molar-refractivity contribution in [3.8, 4) is 5.75 Å². The maximum absolute atomic E-state index is 5.26. The van der Waals surface area contributed by atoms with Gasteiger partial charge in [-0.1, -0.05) is 0 Å². The van der Waals surface area contributed by atoms with Gasteiger partial charge in [0.25, 0.3) is 0 Å². The third-order valence-electron chi connectivity index (χ3n) is 4.65. The van der Waals surface area contributed by atoms with Gasteiger partial charge in [0.05, 0.1) is 33.1 Å². The number of methoxy groups -OCH3 is 1. The number of aryl methyl sites for hydroxylation is 2. The summed E-state index contributed by atoms with van der Waals surface area (Å²) in [7, 11) is 6.04. The van der Waals surface area contributed by atoms with E-state index in [4.69, 9.17) is 4.74 Å². The first-order chi connectivity index (χ1) is 12.0. The molecule has 0 bridgehead atoms. The zero-order chi connectivity index (χ0) is 18.0. The monoisotopic (exact) mass is 357 g/mol. The van der Waals surface area contributed by atoms with E-state index >= 15 is 0 Å². The van der Waals surface area contributed by atoms with Gasteiger partial charge in [0.2, 0.25) is 0 Å². The van der Waals surface area contributed by atoms with Gasteiger partial charge in [0, 0.05) is 10.4 Å². The molecule has 0 fully saturated rings. The number of ether oxygens (including phenoxy) is 1. The Morgan fingerprint density at radius 1 is 1.16 bits per heavy atom. The van der Waals surface area contributed by atoms with Crippen LogP contribution in [0.15, 0.2) is 30.6 Å². The van der Waals surface area contributed by atoms with Crippen molar-refractivity contribution < 1.29 is 9.64 Å². The highest BCUT2D eigenvalue weighted by Crippen LogP contribution is 2.32. The number of hydrogen-bond acceptors (Lipinski definition) is 5. The van der Waals surface area contributed by atoms with E-state index in [0.717, 1.165) is 28.3 Å². The van der Waals surface area contributed by atoms with Crippen molar-refractivity contribution in [2.45, 2.75) is 19.9 Å². The van der Waals surface area contributed by atoms with Gasteiger partial charge in [0.15, 0.2) is 0 Å². The Labute approximate surface area is 152 Å². The number of rotatable bonds is 6. The first-order valence-corrected chi connectivity index (χ1v) is 9.21. The van der Waals surface area contributed by atoms with E-state index in [2.05, 4.69) is 55.4 Å². The van der Waals surface area contributed by atoms with Crippen LogP contribution < -0.4 is 15.0 Å². The molecule has 132 valence electrons. The highest BCUT2D eigenvalue weighted by molar-refractivity contribution is 7.18. The summed E-state index contributed by atoms with van der Waals surface area (Å²) in [6, 6.07) is 8.61. The lowest BCUT2D eigenvalue weighted by Crippen LogP contribution is -3.06. The zero-order valence-corrected chi connectivity index (χ0v) is 16.2. The predicted octanol–water partition coefficient (Wildman–Crippen LogP) is 2.61. The number of anilines is 1. The Morgan fingerprint density at radius 3 is 2.52 bits per heavy atom. The fraction of sp³-hybridized carbons (Fsp3) is 0.368. The van der Waals surface area contributed by atoms with Gasteiger partial charge in [-0.2, -0.15) is 0 Å². The summed E-state index contributed by atoms with van der Waals surface area (Å²) in [4.78, 5) is 12.6. The second-order valence-electron chi connectivity index (χ2n) is 6.47. The number of fused-ring (bicyclic) bond motifs is 1. The molecule has 1 atom stereocenters. The van der Waals surface area contributed by atoms with Crippen LogP contribution in [-0.2, 0) is 0 Å². The van der Waals surface area contributed by atoms with Crippen LogP contribution in [0.1, 0.15) is 22.0 Å². The van der Waals surface area contributed by atoms with E-state index < -0.39 is 0 Å². The van der Waals surface area contributed by atoms with Gasteiger partial charge in [-0.05, 0) is 43.7 Å². The number of nitrogens with zero attached hydrogens (tertiary/aromatic N) is 2. The molecule has 2 heterocycles. The van der Waals surface area contributed by atoms with Crippen molar-refractivity contribution in [3.63, 3.8) is 0 Å². The molecule has 0 radical (unpaired) electrons. The molecule has 2 N–H and O–H groups in total. The van der Waals surface area contributed by atoms with Crippen LogP contribution in [0.4, 0.5) is 5.82 Å². The number of hydrogen-bond donors (Lipinski definition) is 2. The van der Waals surface area contributed by atoms with Gasteiger partial charge >= 0.3 is 0 Å². The second kappa shape index (κ2) is 7.37. The lowest BCUT2D eigenvalue weighted by molar-refractivity contribution is -0.890. The summed E-state index contributed by atoms with van der Waals surface area (Å²) in [5.74, 6) is 1.80. The van der Waals surface area contributed by atoms with Gasteiger partial charge in [-0.25, -0.2) is 9.97 Å². The fourth-order valence-electron chi connectivity index (χ4n) is 3.01. The van der Waals surface area contributed by atoms with Crippen molar-refractivity contribution in [2.24, 2.45) is 0 Å². The molecule has 1 aromatic carbocycles. The molecule has 2 aromatic heterocycles. The van der Waals surface area contributed by atoms with E-state index in [1.54, 1.807) is 24.8 Å². The topological polar surface area (TPSA) is 51.5 Å². The van der Waals surface area contributed by atoms with Crippen LogP contribution in [0, 0.1) is 13.8 Å². The molecule has 0 aliphatic carbocycles. The predicted molar refractivity (Wildman–Crippen MR) is 104 cm³/mol. The van der Waals surface area contributed by atoms with Crippen LogP contribution >= 0.6 is 11.3 Å². The average Bonchev–Trinajstić information content (AvgIpc) is 2.90. The Bertz CT molecular complexity index is 858. The first-order valence-electron chi connectivity index (χ1n) is 8.39. The van der Waals surface area contributed by atoms with Crippen LogP contribution in [-0.4, -0.2) is 37.7 Å². The molecule has 0 unspecified atom stereocenters. The number of benzene rings is 1. The molecule has 3 aromatic rings. The van der Waals surface area contributed by atoms with Gasteiger partial charge in [0.1, 0.15) is 28.8 Å². The van der Waals surface area contributed by atoms with E-state index in [0.29, 0.717) is 6.04 Å². The minimum Gasteiger partial charge on any atom is -0.497 e. The van der Waals surface area contributed by atoms with Crippen molar-refractivity contribution >= 4 is 27.4 Å². The Hall–Kier alpha value is -2.18. The summed E-state index contributed by atoms with van der Waals surface area (Å²) in [6.45, 7) is 5.07. The third kappa shape index (κ3) is 3.60. The number of nitrogens with one attached hydrogen (secondary N) is 2. The highest BCUT2D eigenvalue weighted by Gasteiger charge is 2.19. The van der Waals surface area contributed by atoms with Crippen LogP contribution in [0.2, 0.25) is 0 Å². The molecule has 0 amide bonds. The van der Waals surface area contributed by atoms with E-state index in [1.165, 1.54) is 20.9 Å². The van der Waals surface area contributed by atoms with Crippen LogP contribution in [0.25, 0.3) is 10.2 Å². The highest BCUT2D eigenvalue weighted by atomic mass is 32.1. The normalized spacial score (nSPS) is 12.6. The van der Waals surface area contributed by atoms with E-state index in [-0.39, 0.29) is 0 Å². The Morgan fingerprint density at radius 2 is 1.88 bits per heavy atom. The maximum Gasteiger partial charge on any atom is 0.138 e. The molecule has 0 saturated carbocycles. The van der Waals surface area contributed by atoms with E-state index in [1.807, 2.05) is 12.1 Å². The molecule has 6 heteroatoms. The summed E-state index contributed by atoms with van der Waals surface area (Å²) in [5, 5.41) is 4.70. The minimum atomic E-state index is 0.316. The standard InChI is InChI=1S/C19H24N4OS/c1-12-13(2)25-19-17(12)18(21-11-22-19)20-10-16(23(3)4)14-6-8-15(24-5)9-7-14/h6-9,11,16H,10H2,1-5H3,(H,20,21,22)/p+1/t16-/m0/s1. The van der Waals surface area contributed by atoms with Crippen LogP contribution in [0.5, 0.6) is 5.75 Å². The van der Waals surface area contributed by atoms with Crippen molar-refractivity contribution in [3.05, 3.63) is 46.6 Å². The molecular formula is C19H25N4OS+. The summed E-state index contributed by atoms with van der Waals surface area (Å²) in [5.41, 5.74) is 2.54. The van der Waals surface area contributed by atoms with Gasteiger partial charge in [-0.15, -0.1) is 11.3 Å². The Balaban J connectivity index is 1.84. The van der Waals surface area contributed by atoms with Crippen molar-refractivity contribution in [2.75, 3.05) is 33.1 Å². The summed E-state index contributed by atoms with van der Waals surface area (Å²) >= 11 is 1.72. The molecule has 5 nitrogen and oxygen atoms in total. The van der Waals surface area contributed by atoms with Crippen molar-refractivity contribution in [1.82, 2.24) is 9.97 Å². The molecule has 0 aliphatic rings. The smallest absolute Gasteiger partial charge is 0.138 e. The zero-order valence-electron chi connectivity index (χ0n) is 15.4. The van der Waals surface area contributed by atoms with Crippen LogP contribution in [0.3, 0.4) is 0 Å². The van der Waals surface area contributed by atoms with Crippen molar-refractivity contribution in [1.29, 1.82) is 0 Å². The number of aromatic nitrogens is 2. The number of likely N-dealkylation sites (N-methyl/N-ethyl adjacent to an activating group) is 1. The summed E-state index contributed by atoms with van der Waals surface area (Å²) < 4.78 is 5.26. The minimum absolute atomic E-state index is 0.316. The number of quaternary nitrogens is 1. The third-order valence-corrected chi connectivity index (χ3v) is 5.77. The largest absolute Gasteiger partial charge is 0.497 e. The van der Waals surface area contributed by atoms with Gasteiger partial charge < -0.3 is 15.0 Å². The molecule has 3 rings (SSSR count). The van der Waals surface area contributed by atoms with Gasteiger partial charge in [-0.3, -0.25) is 0 Å². The Kier molecular flexibility index (Phi) is 5.20. The molecule has 0 spiro atoms. The first kappa shape index (κ1) is 17.6. The second-order valence-corrected chi connectivity index (χ2v) is 7.67.